The molecule has 0 spiro atoms. The van der Waals surface area contributed by atoms with E-state index in [1.54, 1.807) is 0 Å². The average Bonchev–Trinajstić information content (AvgIpc) is 3.65. The lowest BCUT2D eigenvalue weighted by Gasteiger charge is -2.23. The second kappa shape index (κ2) is 12.7. The van der Waals surface area contributed by atoms with Crippen LogP contribution in [-0.2, 0) is 10.8 Å². The Hall–Kier alpha value is -7.16. The lowest BCUT2D eigenvalue weighted by atomic mass is 9.82. The van der Waals surface area contributed by atoms with Gasteiger partial charge in [0.25, 0.3) is 11.7 Å². The summed E-state index contributed by atoms with van der Waals surface area (Å²) in [5, 5.41) is 4.89. The lowest BCUT2D eigenvalue weighted by molar-refractivity contribution is -0.319. The van der Waals surface area contributed by atoms with E-state index in [1.807, 2.05) is 0 Å². The van der Waals surface area contributed by atoms with Crippen LogP contribution in [0.2, 0.25) is 0 Å². The minimum absolute atomic E-state index is 0.0584. The number of amidine groups is 2. The third-order valence-corrected chi connectivity index (χ3v) is 13.7. The second-order valence-corrected chi connectivity index (χ2v) is 17.8. The van der Waals surface area contributed by atoms with E-state index >= 15 is 0 Å². The molecule has 0 saturated carbocycles. The summed E-state index contributed by atoms with van der Waals surface area (Å²) < 4.78 is 2.40. The summed E-state index contributed by atoms with van der Waals surface area (Å²) in [5.74, 6) is 1.90. The van der Waals surface area contributed by atoms with Gasteiger partial charge in [0.2, 0.25) is 0 Å². The van der Waals surface area contributed by atoms with Gasteiger partial charge in [0.1, 0.15) is 5.69 Å². The smallest absolute Gasteiger partial charge is 0.192 e. The molecule has 0 atom stereocenters. The van der Waals surface area contributed by atoms with E-state index < -0.39 is 0 Å². The molecule has 1 aliphatic heterocycles. The molecule has 2 nitrogen and oxygen atoms in total. The van der Waals surface area contributed by atoms with Crippen molar-refractivity contribution in [1.82, 2.24) is 0 Å². The van der Waals surface area contributed by atoms with E-state index in [-0.39, 0.29) is 10.8 Å². The van der Waals surface area contributed by atoms with E-state index in [1.165, 1.54) is 88.3 Å². The molecule has 0 radical (unpaired) electrons. The Labute approximate surface area is 351 Å². The van der Waals surface area contributed by atoms with Gasteiger partial charge in [-0.05, 0) is 137 Å². The van der Waals surface area contributed by atoms with Crippen molar-refractivity contribution < 1.29 is 4.58 Å². The monoisotopic (exact) mass is 767 g/mol. The quantitative estimate of drug-likeness (QED) is 0.122. The minimum Gasteiger partial charge on any atom is -0.192 e. The molecule has 0 bridgehead atoms. The Morgan fingerprint density at radius 1 is 0.350 bits per heavy atom. The molecule has 60 heavy (non-hydrogen) atoms. The van der Waals surface area contributed by atoms with Crippen LogP contribution in [0.15, 0.2) is 193 Å². The van der Waals surface area contributed by atoms with Crippen LogP contribution in [0.5, 0.6) is 0 Å². The molecule has 0 unspecified atom stereocenters. The Balaban J connectivity index is 1.10. The third-order valence-electron chi connectivity index (χ3n) is 13.7. The number of hydrogen-bond acceptors (Lipinski definition) is 1. The van der Waals surface area contributed by atoms with Crippen molar-refractivity contribution in [3.8, 4) is 44.5 Å². The molecule has 0 fully saturated rings. The number of benzene rings is 9. The van der Waals surface area contributed by atoms with Gasteiger partial charge in [0.15, 0.2) is 0 Å². The number of nitrogens with zero attached hydrogens (tertiary/aromatic N) is 2. The topological polar surface area (TPSA) is 15.4 Å². The van der Waals surface area contributed by atoms with Crippen LogP contribution in [0.1, 0.15) is 61.1 Å². The van der Waals surface area contributed by atoms with Crippen LogP contribution < -0.4 is 0 Å². The predicted molar refractivity (Wildman–Crippen MR) is 251 cm³/mol. The Kier molecular flexibility index (Phi) is 7.36. The molecule has 0 amide bonds. The van der Waals surface area contributed by atoms with Crippen molar-refractivity contribution in [1.29, 1.82) is 0 Å². The van der Waals surface area contributed by atoms with Gasteiger partial charge in [-0.3, -0.25) is 0 Å². The van der Waals surface area contributed by atoms with Crippen LogP contribution in [0.25, 0.3) is 66.1 Å². The zero-order chi connectivity index (χ0) is 40.3. The summed E-state index contributed by atoms with van der Waals surface area (Å²) in [6, 6.07) is 69.7. The molecule has 9 aromatic rings. The molecule has 0 aromatic heterocycles. The molecule has 2 aliphatic carbocycles. The first-order valence-corrected chi connectivity index (χ1v) is 21.1. The van der Waals surface area contributed by atoms with E-state index in [4.69, 9.17) is 4.99 Å². The SMILES string of the molecule is CC1(C)c2ccccc2-c2cc(-c3cc(-c4ccc5c(c4)-c4ccccc4C5(C)C)cc([N+]4=C(c5ccccc5)N=C4c4cc5ccccc5c5ccccc45)c3)ccc21. The Morgan fingerprint density at radius 2 is 0.850 bits per heavy atom. The van der Waals surface area contributed by atoms with Crippen LogP contribution in [0, 0.1) is 0 Å². The third kappa shape index (κ3) is 5.01. The summed E-state index contributed by atoms with van der Waals surface area (Å²) in [6.45, 7) is 9.41. The van der Waals surface area contributed by atoms with Crippen molar-refractivity contribution in [3.63, 3.8) is 0 Å². The van der Waals surface area contributed by atoms with Crippen LogP contribution >= 0.6 is 0 Å². The van der Waals surface area contributed by atoms with Gasteiger partial charge in [-0.2, -0.15) is 4.58 Å². The van der Waals surface area contributed by atoms with Crippen LogP contribution in [-0.4, -0.2) is 16.2 Å². The van der Waals surface area contributed by atoms with Gasteiger partial charge in [0.05, 0.1) is 11.1 Å². The highest BCUT2D eigenvalue weighted by Gasteiger charge is 2.38. The largest absolute Gasteiger partial charge is 0.279 e. The maximum absolute atomic E-state index is 5.42. The fourth-order valence-corrected chi connectivity index (χ4v) is 10.6. The maximum Gasteiger partial charge on any atom is 0.279 e. The van der Waals surface area contributed by atoms with E-state index in [0.29, 0.717) is 0 Å². The van der Waals surface area contributed by atoms with E-state index in [0.717, 1.165) is 28.5 Å². The molecule has 0 saturated heterocycles. The summed E-state index contributed by atoms with van der Waals surface area (Å²) in [6.07, 6.45) is 0. The van der Waals surface area contributed by atoms with Gasteiger partial charge in [-0.25, -0.2) is 0 Å². The summed E-state index contributed by atoms with van der Waals surface area (Å²) in [7, 11) is 0. The molecule has 1 heterocycles. The van der Waals surface area contributed by atoms with Crippen molar-refractivity contribution in [2.75, 3.05) is 0 Å². The van der Waals surface area contributed by atoms with Crippen molar-refractivity contribution in [2.24, 2.45) is 4.99 Å². The second-order valence-electron chi connectivity index (χ2n) is 17.8. The number of hydrogen-bond donors (Lipinski definition) is 0. The summed E-state index contributed by atoms with van der Waals surface area (Å²) in [5.41, 5.74) is 18.8. The molecule has 0 N–H and O–H groups in total. The number of fused-ring (bicyclic) bond motifs is 9. The first-order chi connectivity index (χ1) is 29.3. The molecular weight excluding hydrogens is 725 g/mol. The maximum atomic E-state index is 5.42. The summed E-state index contributed by atoms with van der Waals surface area (Å²) >= 11 is 0. The van der Waals surface area contributed by atoms with Crippen LogP contribution in [0.4, 0.5) is 5.69 Å². The van der Waals surface area contributed by atoms with Gasteiger partial charge in [0, 0.05) is 10.8 Å². The highest BCUT2D eigenvalue weighted by atomic mass is 15.2. The highest BCUT2D eigenvalue weighted by molar-refractivity contribution is 6.23. The molecular formula is C58H43N2+. The zero-order valence-electron chi connectivity index (χ0n) is 34.3. The minimum atomic E-state index is -0.0584. The molecule has 284 valence electrons. The fraction of sp³-hybridized carbons (Fsp3) is 0.103. The molecule has 9 aromatic carbocycles. The standard InChI is InChI=1S/C58H43N2/c1-57(2)51-24-14-12-22-46(51)48-33-37(26-28-53(48)57)40-30-41(38-27-29-54-49(34-38)47-23-13-15-25-52(47)58(54,3)4)32-42(31-40)60-55(36-16-6-5-7-17-36)59-56(60)50-35-39-18-8-9-19-43(39)44-20-10-11-21-45(44)50/h5-35H,1-4H3/q+1. The lowest BCUT2D eigenvalue weighted by Crippen LogP contribution is -2.34. The zero-order valence-corrected chi connectivity index (χ0v) is 34.3. The van der Waals surface area contributed by atoms with Crippen LogP contribution in [0.3, 0.4) is 0 Å². The average molecular weight is 768 g/mol. The first kappa shape index (κ1) is 34.8. The van der Waals surface area contributed by atoms with Gasteiger partial charge in [-0.1, -0.05) is 172 Å². The van der Waals surface area contributed by atoms with Gasteiger partial charge < -0.3 is 0 Å². The fourth-order valence-electron chi connectivity index (χ4n) is 10.6. The normalized spacial score (nSPS) is 15.3. The van der Waals surface area contributed by atoms with Gasteiger partial charge >= 0.3 is 0 Å². The van der Waals surface area contributed by atoms with Crippen molar-refractivity contribution in [3.05, 3.63) is 221 Å². The molecule has 2 heteroatoms. The first-order valence-electron chi connectivity index (χ1n) is 21.1. The van der Waals surface area contributed by atoms with Crippen molar-refractivity contribution >= 4 is 38.9 Å². The highest BCUT2D eigenvalue weighted by Crippen LogP contribution is 2.51. The number of aliphatic imine (C=N–C) groups is 1. The van der Waals surface area contributed by atoms with Gasteiger partial charge in [-0.15, -0.1) is 0 Å². The number of rotatable bonds is 5. The van der Waals surface area contributed by atoms with Crippen molar-refractivity contribution in [2.45, 2.75) is 38.5 Å². The molecule has 12 rings (SSSR count). The Bertz CT molecular complexity index is 3230. The predicted octanol–water partition coefficient (Wildman–Crippen LogP) is 14.5. The van der Waals surface area contributed by atoms with E-state index in [9.17, 15) is 0 Å². The molecule has 3 aliphatic rings. The Morgan fingerprint density at radius 3 is 1.47 bits per heavy atom. The van der Waals surface area contributed by atoms with E-state index in [2.05, 4.69) is 220 Å². The summed E-state index contributed by atoms with van der Waals surface area (Å²) in [4.78, 5) is 5.42.